The molecule has 5 heteroatoms. The molecule has 1 aromatic heterocycles. The van der Waals surface area contributed by atoms with Gasteiger partial charge in [0.05, 0.1) is 12.6 Å². The Labute approximate surface area is 143 Å². The van der Waals surface area contributed by atoms with Crippen LogP contribution in [0.4, 0.5) is 4.79 Å². The van der Waals surface area contributed by atoms with Gasteiger partial charge in [0.2, 0.25) is 0 Å². The molecule has 2 atom stereocenters. The SMILES string of the molecule is C[C@H](CC[C@H]1CCCO1)NC(=O)N(C)Cc1cc2ccccc2o1. The predicted octanol–water partition coefficient (Wildman–Crippen LogP) is 3.92. The lowest BCUT2D eigenvalue weighted by Gasteiger charge is -2.21. The van der Waals surface area contributed by atoms with E-state index in [-0.39, 0.29) is 12.1 Å². The fourth-order valence-electron chi connectivity index (χ4n) is 3.12. The molecule has 1 aliphatic heterocycles. The average Bonchev–Trinajstić information content (AvgIpc) is 3.21. The average molecular weight is 330 g/mol. The minimum atomic E-state index is -0.0738. The van der Waals surface area contributed by atoms with Crippen LogP contribution in [0.3, 0.4) is 0 Å². The number of nitrogens with one attached hydrogen (secondary N) is 1. The standard InChI is InChI=1S/C19H26N2O3/c1-14(9-10-16-7-5-11-23-16)20-19(22)21(2)13-17-12-15-6-3-4-8-18(15)24-17/h3-4,6,8,12,14,16H,5,7,9-11,13H2,1-2H3,(H,20,22)/t14-,16-/m1/s1. The van der Waals surface area contributed by atoms with Crippen molar-refractivity contribution in [3.63, 3.8) is 0 Å². The molecule has 1 aliphatic rings. The lowest BCUT2D eigenvalue weighted by Crippen LogP contribution is -2.41. The molecule has 0 unspecified atom stereocenters. The summed E-state index contributed by atoms with van der Waals surface area (Å²) in [5.74, 6) is 0.792. The summed E-state index contributed by atoms with van der Waals surface area (Å²) in [6.45, 7) is 3.38. The zero-order chi connectivity index (χ0) is 16.9. The van der Waals surface area contributed by atoms with Crippen molar-refractivity contribution in [1.29, 1.82) is 0 Å². The van der Waals surface area contributed by atoms with Crippen molar-refractivity contribution in [2.24, 2.45) is 0 Å². The van der Waals surface area contributed by atoms with Crippen molar-refractivity contribution in [2.45, 2.75) is 51.3 Å². The molecule has 0 spiro atoms. The summed E-state index contributed by atoms with van der Waals surface area (Å²) < 4.78 is 11.4. The van der Waals surface area contributed by atoms with Crippen molar-refractivity contribution < 1.29 is 13.9 Å². The van der Waals surface area contributed by atoms with Gasteiger partial charge in [0, 0.05) is 25.1 Å². The fourth-order valence-corrected chi connectivity index (χ4v) is 3.12. The van der Waals surface area contributed by atoms with Crippen LogP contribution in [-0.4, -0.2) is 36.7 Å². The third-order valence-corrected chi connectivity index (χ3v) is 4.53. The maximum absolute atomic E-state index is 12.3. The van der Waals surface area contributed by atoms with Crippen LogP contribution in [-0.2, 0) is 11.3 Å². The molecule has 3 rings (SSSR count). The van der Waals surface area contributed by atoms with Crippen LogP contribution in [0.5, 0.6) is 0 Å². The number of ether oxygens (including phenoxy) is 1. The number of benzene rings is 1. The Kier molecular flexibility index (Phi) is 5.41. The third-order valence-electron chi connectivity index (χ3n) is 4.53. The first kappa shape index (κ1) is 16.8. The number of furan rings is 1. The molecule has 2 heterocycles. The number of urea groups is 1. The smallest absolute Gasteiger partial charge is 0.317 e. The van der Waals surface area contributed by atoms with Gasteiger partial charge in [0.25, 0.3) is 0 Å². The molecule has 0 aliphatic carbocycles. The van der Waals surface area contributed by atoms with Gasteiger partial charge in [0.15, 0.2) is 0 Å². The van der Waals surface area contributed by atoms with E-state index < -0.39 is 0 Å². The van der Waals surface area contributed by atoms with Gasteiger partial charge >= 0.3 is 6.03 Å². The molecule has 1 saturated heterocycles. The van der Waals surface area contributed by atoms with E-state index in [0.29, 0.717) is 12.6 Å². The van der Waals surface area contributed by atoms with Gasteiger partial charge < -0.3 is 19.4 Å². The molecule has 2 aromatic rings. The Morgan fingerprint density at radius 3 is 3.00 bits per heavy atom. The minimum absolute atomic E-state index is 0.0738. The zero-order valence-electron chi connectivity index (χ0n) is 14.5. The van der Waals surface area contributed by atoms with Crippen LogP contribution in [0, 0.1) is 0 Å². The van der Waals surface area contributed by atoms with Gasteiger partial charge in [-0.2, -0.15) is 0 Å². The molecule has 0 saturated carbocycles. The van der Waals surface area contributed by atoms with Gasteiger partial charge in [0.1, 0.15) is 11.3 Å². The van der Waals surface area contributed by atoms with Gasteiger partial charge in [-0.25, -0.2) is 4.79 Å². The van der Waals surface area contributed by atoms with E-state index in [1.807, 2.05) is 37.3 Å². The Hall–Kier alpha value is -2.01. The number of hydrogen-bond donors (Lipinski definition) is 1. The van der Waals surface area contributed by atoms with Crippen LogP contribution >= 0.6 is 0 Å². The van der Waals surface area contributed by atoms with E-state index >= 15 is 0 Å². The summed E-state index contributed by atoms with van der Waals surface area (Å²) in [7, 11) is 1.79. The highest BCUT2D eigenvalue weighted by atomic mass is 16.5. The number of para-hydroxylation sites is 1. The molecule has 24 heavy (non-hydrogen) atoms. The molecule has 2 amide bonds. The van der Waals surface area contributed by atoms with Crippen LogP contribution in [0.1, 0.15) is 38.4 Å². The van der Waals surface area contributed by atoms with E-state index in [0.717, 1.165) is 49.0 Å². The number of carbonyl (C=O) groups excluding carboxylic acids is 1. The molecule has 5 nitrogen and oxygen atoms in total. The number of rotatable bonds is 6. The summed E-state index contributed by atoms with van der Waals surface area (Å²) in [4.78, 5) is 14.0. The summed E-state index contributed by atoms with van der Waals surface area (Å²) in [5.41, 5.74) is 0.853. The van der Waals surface area contributed by atoms with E-state index in [2.05, 4.69) is 5.32 Å². The van der Waals surface area contributed by atoms with E-state index in [4.69, 9.17) is 9.15 Å². The van der Waals surface area contributed by atoms with Gasteiger partial charge in [-0.3, -0.25) is 0 Å². The number of amides is 2. The Bertz CT molecular complexity index is 643. The van der Waals surface area contributed by atoms with Crippen molar-refractivity contribution in [3.05, 3.63) is 36.1 Å². The summed E-state index contributed by atoms with van der Waals surface area (Å²) in [6, 6.07) is 9.92. The van der Waals surface area contributed by atoms with E-state index in [1.165, 1.54) is 0 Å². The van der Waals surface area contributed by atoms with Crippen molar-refractivity contribution in [1.82, 2.24) is 10.2 Å². The summed E-state index contributed by atoms with van der Waals surface area (Å²) in [6.07, 6.45) is 4.62. The lowest BCUT2D eigenvalue weighted by molar-refractivity contribution is 0.1000. The van der Waals surface area contributed by atoms with Crippen LogP contribution in [0.2, 0.25) is 0 Å². The number of nitrogens with zero attached hydrogens (tertiary/aromatic N) is 1. The van der Waals surface area contributed by atoms with Crippen molar-refractivity contribution in [3.8, 4) is 0 Å². The second-order valence-corrected chi connectivity index (χ2v) is 6.67. The third kappa shape index (κ3) is 4.29. The largest absolute Gasteiger partial charge is 0.459 e. The minimum Gasteiger partial charge on any atom is -0.459 e. The highest BCUT2D eigenvalue weighted by molar-refractivity contribution is 5.78. The Morgan fingerprint density at radius 1 is 1.42 bits per heavy atom. The fraction of sp³-hybridized carbons (Fsp3) is 0.526. The number of hydrogen-bond acceptors (Lipinski definition) is 3. The van der Waals surface area contributed by atoms with E-state index in [9.17, 15) is 4.79 Å². The molecule has 0 bridgehead atoms. The molecule has 0 radical (unpaired) electrons. The molecule has 130 valence electrons. The quantitative estimate of drug-likeness (QED) is 0.873. The first-order chi connectivity index (χ1) is 11.6. The number of fused-ring (bicyclic) bond motifs is 1. The summed E-state index contributed by atoms with van der Waals surface area (Å²) in [5, 5.41) is 4.11. The first-order valence-corrected chi connectivity index (χ1v) is 8.72. The number of carbonyl (C=O) groups is 1. The topological polar surface area (TPSA) is 54.7 Å². The van der Waals surface area contributed by atoms with Crippen LogP contribution in [0.15, 0.2) is 34.7 Å². The first-order valence-electron chi connectivity index (χ1n) is 8.72. The van der Waals surface area contributed by atoms with Crippen LogP contribution < -0.4 is 5.32 Å². The van der Waals surface area contributed by atoms with E-state index in [1.54, 1.807) is 11.9 Å². The maximum atomic E-state index is 12.3. The molecule has 1 fully saturated rings. The van der Waals surface area contributed by atoms with Gasteiger partial charge in [-0.1, -0.05) is 18.2 Å². The van der Waals surface area contributed by atoms with Gasteiger partial charge in [-0.15, -0.1) is 0 Å². The molecule has 1 aromatic carbocycles. The Morgan fingerprint density at radius 2 is 2.25 bits per heavy atom. The molecular formula is C19H26N2O3. The highest BCUT2D eigenvalue weighted by Crippen LogP contribution is 2.20. The zero-order valence-corrected chi connectivity index (χ0v) is 14.5. The second-order valence-electron chi connectivity index (χ2n) is 6.67. The maximum Gasteiger partial charge on any atom is 0.317 e. The van der Waals surface area contributed by atoms with Gasteiger partial charge in [-0.05, 0) is 44.7 Å². The normalized spacial score (nSPS) is 18.7. The second kappa shape index (κ2) is 7.71. The van der Waals surface area contributed by atoms with Crippen molar-refractivity contribution in [2.75, 3.05) is 13.7 Å². The summed E-state index contributed by atoms with van der Waals surface area (Å²) >= 11 is 0. The molecular weight excluding hydrogens is 304 g/mol. The Balaban J connectivity index is 1.46. The predicted molar refractivity (Wildman–Crippen MR) is 93.9 cm³/mol. The lowest BCUT2D eigenvalue weighted by atomic mass is 10.1. The highest BCUT2D eigenvalue weighted by Gasteiger charge is 2.18. The monoisotopic (exact) mass is 330 g/mol. The van der Waals surface area contributed by atoms with Crippen LogP contribution in [0.25, 0.3) is 11.0 Å². The van der Waals surface area contributed by atoms with Crippen molar-refractivity contribution >= 4 is 17.0 Å². The molecule has 1 N–H and O–H groups in total.